The molecule has 1 N–H and O–H groups in total. The van der Waals surface area contributed by atoms with Gasteiger partial charge in [0.05, 0.1) is 26.7 Å². The third-order valence-electron chi connectivity index (χ3n) is 3.24. The Morgan fingerprint density at radius 2 is 1.94 bits per heavy atom. The highest BCUT2D eigenvalue weighted by molar-refractivity contribution is 5.91. The monoisotopic (exact) mass is 248 g/mol. The molecule has 0 heterocycles. The predicted molar refractivity (Wildman–Crippen MR) is 64.6 cm³/mol. The first kappa shape index (κ1) is 17.8. The van der Waals surface area contributed by atoms with Gasteiger partial charge in [0.1, 0.15) is 0 Å². The third-order valence-corrected chi connectivity index (χ3v) is 3.24. The third kappa shape index (κ3) is 6.13. The van der Waals surface area contributed by atoms with Gasteiger partial charge in [-0.25, -0.2) is 0 Å². The number of hydrogen-bond acceptors (Lipinski definition) is 1. The van der Waals surface area contributed by atoms with Gasteiger partial charge in [-0.1, -0.05) is 6.58 Å². The molecule has 0 aliphatic heterocycles. The quantitative estimate of drug-likeness (QED) is 0.453. The topological polar surface area (TPSA) is 29.1 Å². The van der Waals surface area contributed by atoms with Crippen LogP contribution >= 0.6 is 0 Å². The molecule has 4 heteroatoms. The summed E-state index contributed by atoms with van der Waals surface area (Å²) in [6.07, 6.45) is 1.000. The number of nitrogens with zero attached hydrogens (tertiary/aromatic N) is 1. The van der Waals surface area contributed by atoms with Gasteiger partial charge in [0.2, 0.25) is 5.91 Å². The number of nitrogens with one attached hydrogen (secondary N) is 1. The summed E-state index contributed by atoms with van der Waals surface area (Å²) in [5.74, 6) is -0.0380. The first-order chi connectivity index (χ1) is 6.81. The Bertz CT molecular complexity index is 239. The van der Waals surface area contributed by atoms with Gasteiger partial charge in [-0.15, -0.1) is 0 Å². The van der Waals surface area contributed by atoms with Crippen LogP contribution < -0.4 is 17.7 Å². The summed E-state index contributed by atoms with van der Waals surface area (Å²) in [6.45, 7) is 11.6. The zero-order chi connectivity index (χ0) is 12.1. The van der Waals surface area contributed by atoms with Crippen molar-refractivity contribution in [2.24, 2.45) is 0 Å². The molecular weight excluding hydrogens is 224 g/mol. The molecule has 3 nitrogen and oxygen atoms in total. The molecule has 0 aromatic heterocycles. The summed E-state index contributed by atoms with van der Waals surface area (Å²) in [5, 5.41) is 2.86. The molecule has 0 aromatic carbocycles. The minimum Gasteiger partial charge on any atom is -1.00 e. The molecule has 0 aliphatic rings. The molecule has 0 saturated heterocycles. The highest BCUT2D eigenvalue weighted by Crippen LogP contribution is 2.08. The van der Waals surface area contributed by atoms with Crippen molar-refractivity contribution in [1.82, 2.24) is 5.32 Å². The van der Waals surface area contributed by atoms with E-state index in [1.54, 1.807) is 6.92 Å². The molecular formula is C12H25ClN2O. The molecule has 1 atom stereocenters. The van der Waals surface area contributed by atoms with Crippen LogP contribution in [-0.2, 0) is 4.79 Å². The van der Waals surface area contributed by atoms with Crippen molar-refractivity contribution < 1.29 is 21.7 Å². The number of amides is 1. The minimum atomic E-state index is -0.0380. The van der Waals surface area contributed by atoms with Crippen molar-refractivity contribution in [3.05, 3.63) is 12.2 Å². The van der Waals surface area contributed by atoms with Crippen LogP contribution in [0.15, 0.2) is 12.2 Å². The highest BCUT2D eigenvalue weighted by atomic mass is 35.5. The molecule has 1 unspecified atom stereocenters. The van der Waals surface area contributed by atoms with E-state index in [1.165, 1.54) is 0 Å². The first-order valence-electron chi connectivity index (χ1n) is 5.57. The van der Waals surface area contributed by atoms with Crippen molar-refractivity contribution in [1.29, 1.82) is 0 Å². The lowest BCUT2D eigenvalue weighted by atomic mass is 10.1. The lowest BCUT2D eigenvalue weighted by Crippen LogP contribution is -3.00. The molecule has 0 fully saturated rings. The molecule has 1 amide bonds. The van der Waals surface area contributed by atoms with Crippen LogP contribution in [-0.4, -0.2) is 43.6 Å². The van der Waals surface area contributed by atoms with Crippen LogP contribution in [0.2, 0.25) is 0 Å². The molecule has 96 valence electrons. The van der Waals surface area contributed by atoms with Crippen molar-refractivity contribution in [3.8, 4) is 0 Å². The van der Waals surface area contributed by atoms with E-state index in [-0.39, 0.29) is 18.3 Å². The summed E-state index contributed by atoms with van der Waals surface area (Å²) in [6, 6.07) is 0.556. The Morgan fingerprint density at radius 3 is 2.31 bits per heavy atom. The van der Waals surface area contributed by atoms with Crippen LogP contribution in [0.3, 0.4) is 0 Å². The van der Waals surface area contributed by atoms with E-state index in [9.17, 15) is 4.79 Å². The van der Waals surface area contributed by atoms with Gasteiger partial charge in [-0.2, -0.15) is 0 Å². The number of halogens is 1. The van der Waals surface area contributed by atoms with Gasteiger partial charge in [0, 0.05) is 18.5 Å². The van der Waals surface area contributed by atoms with E-state index in [4.69, 9.17) is 0 Å². The summed E-state index contributed by atoms with van der Waals surface area (Å²) < 4.78 is 0.989. The first-order valence-corrected chi connectivity index (χ1v) is 5.57. The zero-order valence-electron chi connectivity index (χ0n) is 11.1. The molecule has 0 radical (unpaired) electrons. The van der Waals surface area contributed by atoms with Crippen molar-refractivity contribution in [2.75, 3.05) is 27.2 Å². The SMILES string of the molecule is C=C(C)C(=O)NCCC(C)[N+](C)(C)CC.[Cl-]. The highest BCUT2D eigenvalue weighted by Gasteiger charge is 2.21. The maximum atomic E-state index is 11.2. The average molecular weight is 249 g/mol. The number of quaternary nitrogens is 1. The number of hydrogen-bond donors (Lipinski definition) is 1. The summed E-state index contributed by atoms with van der Waals surface area (Å²) >= 11 is 0. The second kappa shape index (κ2) is 7.69. The Balaban J connectivity index is 0. The number of carbonyl (C=O) groups excluding carboxylic acids is 1. The van der Waals surface area contributed by atoms with Crippen molar-refractivity contribution in [2.45, 2.75) is 33.2 Å². The average Bonchev–Trinajstić information content (AvgIpc) is 2.17. The molecule has 0 aromatic rings. The van der Waals surface area contributed by atoms with Gasteiger partial charge < -0.3 is 22.2 Å². The second-order valence-corrected chi connectivity index (χ2v) is 4.77. The fourth-order valence-electron chi connectivity index (χ4n) is 1.21. The fraction of sp³-hybridized carbons (Fsp3) is 0.750. The van der Waals surface area contributed by atoms with Gasteiger partial charge in [-0.3, -0.25) is 4.79 Å². The van der Waals surface area contributed by atoms with Gasteiger partial charge in [0.15, 0.2) is 0 Å². The maximum absolute atomic E-state index is 11.2. The molecule has 0 bridgehead atoms. The Labute approximate surface area is 106 Å². The largest absolute Gasteiger partial charge is 1.00 e. The summed E-state index contributed by atoms with van der Waals surface area (Å²) in [4.78, 5) is 11.2. The zero-order valence-corrected chi connectivity index (χ0v) is 11.9. The van der Waals surface area contributed by atoms with E-state index < -0.39 is 0 Å². The smallest absolute Gasteiger partial charge is 0.246 e. The lowest BCUT2D eigenvalue weighted by Gasteiger charge is -2.35. The fourth-order valence-corrected chi connectivity index (χ4v) is 1.21. The summed E-state index contributed by atoms with van der Waals surface area (Å²) in [7, 11) is 4.43. The van der Waals surface area contributed by atoms with Crippen LogP contribution in [0.25, 0.3) is 0 Å². The molecule has 0 spiro atoms. The van der Waals surface area contributed by atoms with E-state index in [0.717, 1.165) is 24.0 Å². The van der Waals surface area contributed by atoms with E-state index in [0.29, 0.717) is 11.6 Å². The van der Waals surface area contributed by atoms with Crippen molar-refractivity contribution in [3.63, 3.8) is 0 Å². The Kier molecular flexibility index (Phi) is 8.57. The van der Waals surface area contributed by atoms with Crippen LogP contribution in [0.5, 0.6) is 0 Å². The van der Waals surface area contributed by atoms with Gasteiger partial charge >= 0.3 is 0 Å². The summed E-state index contributed by atoms with van der Waals surface area (Å²) in [5.41, 5.74) is 0.576. The second-order valence-electron chi connectivity index (χ2n) is 4.77. The Hall–Kier alpha value is -0.540. The van der Waals surface area contributed by atoms with Crippen LogP contribution in [0.1, 0.15) is 27.2 Å². The van der Waals surface area contributed by atoms with Crippen LogP contribution in [0, 0.1) is 0 Å². The van der Waals surface area contributed by atoms with E-state index >= 15 is 0 Å². The number of carbonyl (C=O) groups is 1. The predicted octanol–water partition coefficient (Wildman–Crippen LogP) is -1.44. The molecule has 0 aliphatic carbocycles. The van der Waals surface area contributed by atoms with Gasteiger partial charge in [-0.05, 0) is 20.8 Å². The maximum Gasteiger partial charge on any atom is 0.246 e. The minimum absolute atomic E-state index is 0. The normalized spacial score (nSPS) is 12.6. The number of rotatable bonds is 6. The van der Waals surface area contributed by atoms with E-state index in [2.05, 4.69) is 39.8 Å². The van der Waals surface area contributed by atoms with E-state index in [1.807, 2.05) is 0 Å². The van der Waals surface area contributed by atoms with Crippen LogP contribution in [0.4, 0.5) is 0 Å². The lowest BCUT2D eigenvalue weighted by molar-refractivity contribution is -0.911. The standard InChI is InChI=1S/C12H24N2O.ClH/c1-7-14(5,6)11(4)8-9-13-12(15)10(2)3;/h11H,2,7-9H2,1,3-6H3;1H. The Morgan fingerprint density at radius 1 is 1.44 bits per heavy atom. The molecule has 0 rings (SSSR count). The van der Waals surface area contributed by atoms with Gasteiger partial charge in [0.25, 0.3) is 0 Å². The van der Waals surface area contributed by atoms with Crippen molar-refractivity contribution >= 4 is 5.91 Å². The molecule has 16 heavy (non-hydrogen) atoms. The molecule has 0 saturated carbocycles.